The van der Waals surface area contributed by atoms with Gasteiger partial charge in [0, 0.05) is 43.9 Å². The van der Waals surface area contributed by atoms with E-state index >= 15 is 0 Å². The zero-order valence-electron chi connectivity index (χ0n) is 16.0. The van der Waals surface area contributed by atoms with Crippen LogP contribution in [0, 0.1) is 13.8 Å². The van der Waals surface area contributed by atoms with Crippen LogP contribution in [0.1, 0.15) is 27.3 Å². The normalized spacial score (nSPS) is 11.1. The number of aromatic nitrogens is 6. The quantitative estimate of drug-likeness (QED) is 0.579. The Morgan fingerprint density at radius 2 is 1.93 bits per heavy atom. The average Bonchev–Trinajstić information content (AvgIpc) is 3.24. The second kappa shape index (κ2) is 7.22. The van der Waals surface area contributed by atoms with Crippen molar-refractivity contribution in [3.63, 3.8) is 0 Å². The molecule has 4 aromatic rings. The minimum Gasteiger partial charge on any atom is -0.305 e. The SMILES string of the molecule is Cc1cc(C(=O)Nc2ccn(CCc3ccncc3)n2)c2c(C)nn(C)c2n1. The largest absolute Gasteiger partial charge is 0.305 e. The number of hydrogen-bond acceptors (Lipinski definition) is 5. The summed E-state index contributed by atoms with van der Waals surface area (Å²) in [6, 6.07) is 7.55. The van der Waals surface area contributed by atoms with Gasteiger partial charge in [0.25, 0.3) is 5.91 Å². The maximum atomic E-state index is 12.9. The zero-order chi connectivity index (χ0) is 19.7. The minimum atomic E-state index is -0.217. The highest BCUT2D eigenvalue weighted by Gasteiger charge is 2.18. The molecule has 0 aliphatic heterocycles. The van der Waals surface area contributed by atoms with Crippen molar-refractivity contribution in [1.82, 2.24) is 29.5 Å². The number of carbonyl (C=O) groups is 1. The van der Waals surface area contributed by atoms with Crippen molar-refractivity contribution < 1.29 is 4.79 Å². The fraction of sp³-hybridized carbons (Fsp3) is 0.250. The summed E-state index contributed by atoms with van der Waals surface area (Å²) in [6.07, 6.45) is 6.26. The lowest BCUT2D eigenvalue weighted by Gasteiger charge is -2.06. The Hall–Kier alpha value is -3.55. The molecule has 0 aliphatic carbocycles. The van der Waals surface area contributed by atoms with Crippen LogP contribution in [-0.2, 0) is 20.0 Å². The Bertz CT molecular complexity index is 1140. The van der Waals surface area contributed by atoms with E-state index in [1.165, 1.54) is 5.56 Å². The van der Waals surface area contributed by atoms with Crippen LogP contribution in [0.4, 0.5) is 5.82 Å². The molecule has 0 spiro atoms. The molecule has 0 aromatic carbocycles. The molecule has 0 atom stereocenters. The van der Waals surface area contributed by atoms with Crippen LogP contribution in [0.15, 0.2) is 42.9 Å². The van der Waals surface area contributed by atoms with Crippen LogP contribution in [0.2, 0.25) is 0 Å². The number of nitrogens with zero attached hydrogens (tertiary/aromatic N) is 6. The van der Waals surface area contributed by atoms with Gasteiger partial charge in [0.05, 0.1) is 16.6 Å². The van der Waals surface area contributed by atoms with Gasteiger partial charge in [0.1, 0.15) is 0 Å². The third-order valence-corrected chi connectivity index (χ3v) is 4.60. The molecule has 0 saturated heterocycles. The summed E-state index contributed by atoms with van der Waals surface area (Å²) < 4.78 is 3.51. The van der Waals surface area contributed by atoms with E-state index in [-0.39, 0.29) is 5.91 Å². The van der Waals surface area contributed by atoms with Crippen LogP contribution in [0.5, 0.6) is 0 Å². The molecule has 4 heterocycles. The summed E-state index contributed by atoms with van der Waals surface area (Å²) in [5, 5.41) is 12.5. The van der Waals surface area contributed by atoms with Gasteiger partial charge in [-0.3, -0.25) is 19.1 Å². The van der Waals surface area contributed by atoms with Gasteiger partial charge >= 0.3 is 0 Å². The molecule has 8 nitrogen and oxygen atoms in total. The van der Waals surface area contributed by atoms with Crippen molar-refractivity contribution in [2.24, 2.45) is 7.05 Å². The van der Waals surface area contributed by atoms with Gasteiger partial charge in [-0.2, -0.15) is 10.2 Å². The summed E-state index contributed by atoms with van der Waals surface area (Å²) in [5.41, 5.74) is 3.99. The van der Waals surface area contributed by atoms with Crippen molar-refractivity contribution in [2.75, 3.05) is 5.32 Å². The minimum absolute atomic E-state index is 0.217. The monoisotopic (exact) mass is 375 g/mol. The Morgan fingerprint density at radius 1 is 1.14 bits per heavy atom. The third-order valence-electron chi connectivity index (χ3n) is 4.60. The zero-order valence-corrected chi connectivity index (χ0v) is 16.0. The molecule has 0 bridgehead atoms. The second-order valence-corrected chi connectivity index (χ2v) is 6.74. The topological polar surface area (TPSA) is 90.5 Å². The molecular formula is C20H21N7O. The van der Waals surface area contributed by atoms with Crippen molar-refractivity contribution in [3.05, 3.63) is 65.4 Å². The Balaban J connectivity index is 1.52. The van der Waals surface area contributed by atoms with E-state index in [4.69, 9.17) is 0 Å². The maximum absolute atomic E-state index is 12.9. The lowest BCUT2D eigenvalue weighted by molar-refractivity contribution is 0.102. The molecule has 0 saturated carbocycles. The number of aryl methyl sites for hydroxylation is 5. The fourth-order valence-corrected chi connectivity index (χ4v) is 3.28. The standard InChI is InChI=1S/C20H21N7O/c1-13-12-16(18-14(2)24-26(3)19(18)22-13)20(28)23-17-7-11-27(25-17)10-6-15-4-8-21-9-5-15/h4-5,7-9,11-12H,6,10H2,1-3H3,(H,23,25,28). The molecule has 1 amide bonds. The van der Waals surface area contributed by atoms with Crippen molar-refractivity contribution in [3.8, 4) is 0 Å². The molecule has 4 rings (SSSR count). The van der Waals surface area contributed by atoms with E-state index in [1.807, 2.05) is 43.9 Å². The van der Waals surface area contributed by atoms with Crippen LogP contribution in [0.25, 0.3) is 11.0 Å². The van der Waals surface area contributed by atoms with Gasteiger partial charge in [0.2, 0.25) is 0 Å². The highest BCUT2D eigenvalue weighted by atomic mass is 16.1. The van der Waals surface area contributed by atoms with E-state index in [0.717, 1.165) is 29.7 Å². The van der Waals surface area contributed by atoms with Gasteiger partial charge in [-0.05, 0) is 44.0 Å². The molecular weight excluding hydrogens is 354 g/mol. The van der Waals surface area contributed by atoms with Gasteiger partial charge < -0.3 is 5.32 Å². The predicted octanol–water partition coefficient (Wildman–Crippen LogP) is 2.67. The van der Waals surface area contributed by atoms with E-state index in [2.05, 4.69) is 25.5 Å². The number of hydrogen-bond donors (Lipinski definition) is 1. The molecule has 1 N–H and O–H groups in total. The Labute approximate surface area is 162 Å². The lowest BCUT2D eigenvalue weighted by atomic mass is 10.1. The Morgan fingerprint density at radius 3 is 2.71 bits per heavy atom. The van der Waals surface area contributed by atoms with Crippen LogP contribution >= 0.6 is 0 Å². The summed E-state index contributed by atoms with van der Waals surface area (Å²) in [6.45, 7) is 4.47. The molecule has 0 fully saturated rings. The maximum Gasteiger partial charge on any atom is 0.257 e. The summed E-state index contributed by atoms with van der Waals surface area (Å²) >= 11 is 0. The highest BCUT2D eigenvalue weighted by Crippen LogP contribution is 2.22. The summed E-state index contributed by atoms with van der Waals surface area (Å²) in [7, 11) is 1.83. The predicted molar refractivity (Wildman–Crippen MR) is 106 cm³/mol. The molecule has 142 valence electrons. The first-order valence-electron chi connectivity index (χ1n) is 9.06. The number of amides is 1. The Kier molecular flexibility index (Phi) is 4.60. The first-order valence-corrected chi connectivity index (χ1v) is 9.06. The van der Waals surface area contributed by atoms with E-state index in [9.17, 15) is 4.79 Å². The number of fused-ring (bicyclic) bond motifs is 1. The number of nitrogens with one attached hydrogen (secondary N) is 1. The van der Waals surface area contributed by atoms with Crippen molar-refractivity contribution >= 4 is 22.8 Å². The average molecular weight is 375 g/mol. The number of carbonyl (C=O) groups excluding carboxylic acids is 1. The summed E-state index contributed by atoms with van der Waals surface area (Å²) in [5.74, 6) is 0.301. The number of anilines is 1. The van der Waals surface area contributed by atoms with Gasteiger partial charge in [-0.15, -0.1) is 0 Å². The van der Waals surface area contributed by atoms with Gasteiger partial charge in [0.15, 0.2) is 11.5 Å². The van der Waals surface area contributed by atoms with Crippen LogP contribution in [0.3, 0.4) is 0 Å². The number of rotatable bonds is 5. The van der Waals surface area contributed by atoms with Crippen molar-refractivity contribution in [1.29, 1.82) is 0 Å². The fourth-order valence-electron chi connectivity index (χ4n) is 3.28. The summed E-state index contributed by atoms with van der Waals surface area (Å²) in [4.78, 5) is 21.4. The molecule has 8 heteroatoms. The molecule has 0 radical (unpaired) electrons. The van der Waals surface area contributed by atoms with E-state index in [1.54, 1.807) is 29.2 Å². The molecule has 28 heavy (non-hydrogen) atoms. The van der Waals surface area contributed by atoms with E-state index < -0.39 is 0 Å². The van der Waals surface area contributed by atoms with Gasteiger partial charge in [-0.1, -0.05) is 0 Å². The molecule has 0 aliphatic rings. The van der Waals surface area contributed by atoms with E-state index in [0.29, 0.717) is 17.0 Å². The smallest absolute Gasteiger partial charge is 0.257 e. The molecule has 0 unspecified atom stereocenters. The van der Waals surface area contributed by atoms with Gasteiger partial charge in [-0.25, -0.2) is 4.98 Å². The number of pyridine rings is 2. The molecule has 4 aromatic heterocycles. The third kappa shape index (κ3) is 3.48. The second-order valence-electron chi connectivity index (χ2n) is 6.74. The van der Waals surface area contributed by atoms with Crippen LogP contribution < -0.4 is 5.32 Å². The van der Waals surface area contributed by atoms with Crippen molar-refractivity contribution in [2.45, 2.75) is 26.8 Å². The first kappa shape index (κ1) is 17.8. The highest BCUT2D eigenvalue weighted by molar-refractivity contribution is 6.12. The first-order chi connectivity index (χ1) is 13.5. The lowest BCUT2D eigenvalue weighted by Crippen LogP contribution is -2.14. The van der Waals surface area contributed by atoms with Crippen LogP contribution in [-0.4, -0.2) is 35.4 Å².